The van der Waals surface area contributed by atoms with Gasteiger partial charge in [0, 0.05) is 30.2 Å². The molecule has 2 unspecified atom stereocenters. The molecular weight excluding hydrogens is 532 g/mol. The van der Waals surface area contributed by atoms with E-state index in [-0.39, 0.29) is 23.0 Å². The number of halogens is 1. The number of piperidine rings is 1. The molecule has 217 valence electrons. The summed E-state index contributed by atoms with van der Waals surface area (Å²) >= 11 is 6.62. The molecule has 1 aromatic carbocycles. The second-order valence-corrected chi connectivity index (χ2v) is 15.5. The minimum atomic E-state index is -0.998. The normalized spacial score (nSPS) is 17.8. The Balaban J connectivity index is 1.91. The zero-order valence-corrected chi connectivity index (χ0v) is 26.8. The molecule has 0 bridgehead atoms. The Bertz CT molecular complexity index is 1140. The van der Waals surface area contributed by atoms with Crippen LogP contribution in [0.1, 0.15) is 78.9 Å². The molecule has 0 saturated carbocycles. The first kappa shape index (κ1) is 31.7. The number of hydrogen-bond donors (Lipinski definition) is 1. The summed E-state index contributed by atoms with van der Waals surface area (Å²) in [6.07, 6.45) is 3.31. The lowest BCUT2D eigenvalue weighted by molar-refractivity contribution is -0.0776. The van der Waals surface area contributed by atoms with Crippen LogP contribution in [0.2, 0.25) is 18.1 Å². The van der Waals surface area contributed by atoms with Gasteiger partial charge in [0.25, 0.3) is 0 Å². The monoisotopic (exact) mass is 577 g/mol. The summed E-state index contributed by atoms with van der Waals surface area (Å²) in [5, 5.41) is 12.8. The number of carbonyl (C=O) groups excluding carboxylic acids is 1. The Labute approximate surface area is 240 Å². The number of pyridine rings is 1. The SMILES string of the molecule is COc1ccc2ncc(Cl)c(C(O)CCC3(C(O[Si](C)C)C(C)(C)C)CCN(C(=O)OC(C)(C)C)CC3)c2c1. The summed E-state index contributed by atoms with van der Waals surface area (Å²) in [4.78, 5) is 19.1. The summed E-state index contributed by atoms with van der Waals surface area (Å²) in [5.41, 5.74) is 0.562. The zero-order chi connectivity index (χ0) is 29.2. The van der Waals surface area contributed by atoms with Crippen LogP contribution in [0, 0.1) is 10.8 Å². The lowest BCUT2D eigenvalue weighted by atomic mass is 9.63. The number of likely N-dealkylation sites (tertiary alicyclic amines) is 1. The fourth-order valence-electron chi connectivity index (χ4n) is 5.76. The molecule has 0 aliphatic carbocycles. The van der Waals surface area contributed by atoms with Crippen molar-refractivity contribution < 1.29 is 23.8 Å². The van der Waals surface area contributed by atoms with Crippen molar-refractivity contribution in [3.8, 4) is 5.75 Å². The third-order valence-electron chi connectivity index (χ3n) is 7.42. The molecule has 1 saturated heterocycles. The molecule has 1 N–H and O–H groups in total. The predicted octanol–water partition coefficient (Wildman–Crippen LogP) is 7.41. The first-order chi connectivity index (χ1) is 18.1. The second-order valence-electron chi connectivity index (χ2n) is 13.1. The van der Waals surface area contributed by atoms with E-state index in [1.165, 1.54) is 0 Å². The van der Waals surface area contributed by atoms with Crippen LogP contribution in [-0.2, 0) is 9.16 Å². The molecule has 1 aliphatic heterocycles. The third-order valence-corrected chi connectivity index (χ3v) is 8.43. The topological polar surface area (TPSA) is 81.1 Å². The molecule has 7 nitrogen and oxygen atoms in total. The maximum absolute atomic E-state index is 12.8. The predicted molar refractivity (Wildman–Crippen MR) is 159 cm³/mol. The van der Waals surface area contributed by atoms with E-state index < -0.39 is 20.7 Å². The van der Waals surface area contributed by atoms with E-state index in [9.17, 15) is 9.90 Å². The van der Waals surface area contributed by atoms with Crippen molar-refractivity contribution >= 4 is 37.6 Å². The van der Waals surface area contributed by atoms with Gasteiger partial charge >= 0.3 is 6.09 Å². The Kier molecular flexibility index (Phi) is 10.0. The highest BCUT2D eigenvalue weighted by molar-refractivity contribution is 6.48. The van der Waals surface area contributed by atoms with E-state index in [0.717, 1.165) is 30.2 Å². The molecule has 2 heterocycles. The first-order valence-corrected chi connectivity index (χ1v) is 16.6. The Hall–Kier alpha value is -1.87. The fraction of sp³-hybridized carbons (Fsp3) is 0.667. The van der Waals surface area contributed by atoms with E-state index in [0.29, 0.717) is 35.8 Å². The third kappa shape index (κ3) is 7.87. The van der Waals surface area contributed by atoms with Crippen molar-refractivity contribution in [2.75, 3.05) is 20.2 Å². The number of benzene rings is 1. The summed E-state index contributed by atoms with van der Waals surface area (Å²) in [6.45, 7) is 17.8. The van der Waals surface area contributed by atoms with Crippen LogP contribution in [0.4, 0.5) is 4.79 Å². The van der Waals surface area contributed by atoms with Gasteiger partial charge in [-0.05, 0) is 88.6 Å². The number of fused-ring (bicyclic) bond motifs is 1. The second kappa shape index (κ2) is 12.3. The van der Waals surface area contributed by atoms with Crippen LogP contribution in [-0.4, -0.2) is 62.0 Å². The van der Waals surface area contributed by atoms with Crippen molar-refractivity contribution in [1.29, 1.82) is 0 Å². The molecule has 1 amide bonds. The highest BCUT2D eigenvalue weighted by Gasteiger charge is 2.48. The molecule has 0 spiro atoms. The van der Waals surface area contributed by atoms with Gasteiger partial charge in [-0.1, -0.05) is 32.4 Å². The number of carbonyl (C=O) groups is 1. The van der Waals surface area contributed by atoms with Gasteiger partial charge in [0.2, 0.25) is 9.04 Å². The summed E-state index contributed by atoms with van der Waals surface area (Å²) < 4.78 is 17.8. The van der Waals surface area contributed by atoms with Gasteiger partial charge in [-0.3, -0.25) is 4.98 Å². The zero-order valence-electron chi connectivity index (χ0n) is 25.1. The van der Waals surface area contributed by atoms with Gasteiger partial charge in [0.1, 0.15) is 11.4 Å². The van der Waals surface area contributed by atoms with Crippen LogP contribution in [0.25, 0.3) is 10.9 Å². The molecule has 1 radical (unpaired) electrons. The quantitative estimate of drug-likeness (QED) is 0.329. The number of aromatic nitrogens is 1. The number of aliphatic hydroxyl groups is 1. The number of amides is 1. The average molecular weight is 578 g/mol. The molecule has 1 aromatic heterocycles. The van der Waals surface area contributed by atoms with E-state index in [4.69, 9.17) is 25.5 Å². The Morgan fingerprint density at radius 3 is 2.36 bits per heavy atom. The number of aliphatic hydroxyl groups excluding tert-OH is 1. The smallest absolute Gasteiger partial charge is 0.410 e. The highest BCUT2D eigenvalue weighted by atomic mass is 35.5. The fourth-order valence-corrected chi connectivity index (χ4v) is 7.11. The van der Waals surface area contributed by atoms with Crippen LogP contribution < -0.4 is 4.74 Å². The number of methoxy groups -OCH3 is 1. The van der Waals surface area contributed by atoms with Crippen molar-refractivity contribution in [3.63, 3.8) is 0 Å². The van der Waals surface area contributed by atoms with E-state index >= 15 is 0 Å². The van der Waals surface area contributed by atoms with Gasteiger partial charge in [0.05, 0.1) is 29.9 Å². The largest absolute Gasteiger partial charge is 0.497 e. The number of nitrogens with zero attached hydrogens (tertiary/aromatic N) is 2. The number of ether oxygens (including phenoxy) is 2. The summed E-state index contributed by atoms with van der Waals surface area (Å²) in [5.74, 6) is 0.688. The van der Waals surface area contributed by atoms with Crippen LogP contribution >= 0.6 is 11.6 Å². The van der Waals surface area contributed by atoms with Crippen LogP contribution in [0.3, 0.4) is 0 Å². The van der Waals surface area contributed by atoms with Gasteiger partial charge in [0.15, 0.2) is 0 Å². The molecule has 9 heteroatoms. The molecule has 2 aromatic rings. The van der Waals surface area contributed by atoms with E-state index in [1.54, 1.807) is 13.3 Å². The molecular formula is C30H46ClN2O5Si. The standard InChI is InChI=1S/C30H46ClN2O5Si/c1-28(2,3)26(38-39(8)9)30(14-16-33(17-15-30)27(35)37-29(4,5)6)13-12-24(34)25-21-18-20(36-7)10-11-23(21)32-19-22(25)31/h10-11,18-19,24,26,34H,12-17H2,1-9H3. The minimum absolute atomic E-state index is 0.0216. The molecule has 3 rings (SSSR count). The van der Waals surface area contributed by atoms with E-state index in [2.05, 4.69) is 38.8 Å². The maximum atomic E-state index is 12.8. The number of hydrogen-bond acceptors (Lipinski definition) is 6. The lowest BCUT2D eigenvalue weighted by Gasteiger charge is -2.52. The summed E-state index contributed by atoms with van der Waals surface area (Å²) in [6, 6.07) is 5.61. The first-order valence-electron chi connectivity index (χ1n) is 13.8. The van der Waals surface area contributed by atoms with Gasteiger partial charge in [-0.25, -0.2) is 4.79 Å². The Morgan fingerprint density at radius 1 is 1.18 bits per heavy atom. The number of rotatable bonds is 8. The minimum Gasteiger partial charge on any atom is -0.497 e. The van der Waals surface area contributed by atoms with Gasteiger partial charge in [-0.15, -0.1) is 0 Å². The maximum Gasteiger partial charge on any atom is 0.410 e. The molecule has 1 fully saturated rings. The van der Waals surface area contributed by atoms with Crippen molar-refractivity contribution in [1.82, 2.24) is 9.88 Å². The van der Waals surface area contributed by atoms with Crippen LogP contribution in [0.5, 0.6) is 5.75 Å². The van der Waals surface area contributed by atoms with E-state index in [1.807, 2.05) is 43.9 Å². The molecule has 1 aliphatic rings. The van der Waals surface area contributed by atoms with Crippen LogP contribution in [0.15, 0.2) is 24.4 Å². The van der Waals surface area contributed by atoms with Crippen molar-refractivity contribution in [2.24, 2.45) is 10.8 Å². The highest BCUT2D eigenvalue weighted by Crippen LogP contribution is 2.49. The molecule has 39 heavy (non-hydrogen) atoms. The summed E-state index contributed by atoms with van der Waals surface area (Å²) in [7, 11) is 0.619. The lowest BCUT2D eigenvalue weighted by Crippen LogP contribution is -2.54. The van der Waals surface area contributed by atoms with Crippen molar-refractivity contribution in [3.05, 3.63) is 35.0 Å². The van der Waals surface area contributed by atoms with Gasteiger partial charge in [-0.2, -0.15) is 0 Å². The van der Waals surface area contributed by atoms with Crippen molar-refractivity contribution in [2.45, 2.75) is 98.1 Å². The van der Waals surface area contributed by atoms with Gasteiger partial charge < -0.3 is 23.9 Å². The Morgan fingerprint density at radius 2 is 1.82 bits per heavy atom. The molecule has 2 atom stereocenters. The average Bonchev–Trinajstić information content (AvgIpc) is 2.84.